The molecule has 1 aliphatic carbocycles. The average molecular weight is 275 g/mol. The summed E-state index contributed by atoms with van der Waals surface area (Å²) >= 11 is 0. The highest BCUT2D eigenvalue weighted by Crippen LogP contribution is 2.35. The van der Waals surface area contributed by atoms with Gasteiger partial charge in [0.2, 0.25) is 0 Å². The maximum Gasteiger partial charge on any atom is 0.123 e. The standard InChI is InChI=1S/C17H25NO2/c1-17(2)12-14-11-13(3-6-16(14)20-17)7-9-19-10-8-18-15-4-5-15/h3,6,11,15,18H,4-5,7-10,12H2,1-2H3. The van der Waals surface area contributed by atoms with Gasteiger partial charge in [-0.15, -0.1) is 0 Å². The molecule has 0 amide bonds. The van der Waals surface area contributed by atoms with Crippen molar-refractivity contribution in [3.05, 3.63) is 29.3 Å². The van der Waals surface area contributed by atoms with Gasteiger partial charge >= 0.3 is 0 Å². The van der Waals surface area contributed by atoms with Crippen molar-refractivity contribution >= 4 is 0 Å². The summed E-state index contributed by atoms with van der Waals surface area (Å²) in [5.41, 5.74) is 2.63. The molecule has 0 atom stereocenters. The lowest BCUT2D eigenvalue weighted by Crippen LogP contribution is -2.24. The first-order valence-electron chi connectivity index (χ1n) is 7.74. The molecule has 1 aromatic rings. The van der Waals surface area contributed by atoms with Crippen LogP contribution in [0, 0.1) is 0 Å². The number of rotatable bonds is 7. The maximum atomic E-state index is 5.90. The summed E-state index contributed by atoms with van der Waals surface area (Å²) < 4.78 is 11.6. The van der Waals surface area contributed by atoms with Crippen LogP contribution in [-0.4, -0.2) is 31.4 Å². The topological polar surface area (TPSA) is 30.5 Å². The van der Waals surface area contributed by atoms with E-state index in [1.807, 2.05) is 0 Å². The van der Waals surface area contributed by atoms with Gasteiger partial charge in [-0.1, -0.05) is 12.1 Å². The first-order valence-corrected chi connectivity index (χ1v) is 7.74. The van der Waals surface area contributed by atoms with Crippen molar-refractivity contribution in [1.29, 1.82) is 0 Å². The molecule has 3 heteroatoms. The van der Waals surface area contributed by atoms with Gasteiger partial charge < -0.3 is 14.8 Å². The normalized spacial score (nSPS) is 19.7. The Kier molecular flexibility index (Phi) is 3.99. The summed E-state index contributed by atoms with van der Waals surface area (Å²) in [6.45, 7) is 6.88. The molecule has 1 heterocycles. The second-order valence-corrected chi connectivity index (χ2v) is 6.57. The van der Waals surface area contributed by atoms with Gasteiger partial charge in [-0.05, 0) is 50.3 Å². The van der Waals surface area contributed by atoms with Gasteiger partial charge in [0.25, 0.3) is 0 Å². The SMILES string of the molecule is CC1(C)Cc2cc(CCOCCNC3CC3)ccc2O1. The van der Waals surface area contributed by atoms with Crippen LogP contribution in [0.2, 0.25) is 0 Å². The molecule has 0 radical (unpaired) electrons. The molecule has 1 aromatic carbocycles. The summed E-state index contributed by atoms with van der Waals surface area (Å²) in [7, 11) is 0. The van der Waals surface area contributed by atoms with Crippen LogP contribution in [0.15, 0.2) is 18.2 Å². The van der Waals surface area contributed by atoms with E-state index in [1.54, 1.807) is 0 Å². The Bertz CT molecular complexity index is 466. The number of benzene rings is 1. The fourth-order valence-electron chi connectivity index (χ4n) is 2.73. The molecule has 2 aliphatic rings. The summed E-state index contributed by atoms with van der Waals surface area (Å²) in [6.07, 6.45) is 4.67. The summed E-state index contributed by atoms with van der Waals surface area (Å²) in [5.74, 6) is 1.05. The largest absolute Gasteiger partial charge is 0.487 e. The van der Waals surface area contributed by atoms with E-state index in [2.05, 4.69) is 37.4 Å². The average Bonchev–Trinajstić information content (AvgIpc) is 3.15. The van der Waals surface area contributed by atoms with Gasteiger partial charge in [0.05, 0.1) is 13.2 Å². The predicted molar refractivity (Wildman–Crippen MR) is 80.4 cm³/mol. The second kappa shape index (κ2) is 5.74. The monoisotopic (exact) mass is 275 g/mol. The van der Waals surface area contributed by atoms with Crippen molar-refractivity contribution in [2.75, 3.05) is 19.8 Å². The third-order valence-corrected chi connectivity index (χ3v) is 3.92. The minimum Gasteiger partial charge on any atom is -0.487 e. The quantitative estimate of drug-likeness (QED) is 0.776. The Morgan fingerprint density at radius 2 is 2.15 bits per heavy atom. The van der Waals surface area contributed by atoms with E-state index in [4.69, 9.17) is 9.47 Å². The number of ether oxygens (including phenoxy) is 2. The number of hydrogen-bond acceptors (Lipinski definition) is 3. The summed E-state index contributed by atoms with van der Waals surface area (Å²) in [5, 5.41) is 3.46. The Morgan fingerprint density at radius 3 is 2.95 bits per heavy atom. The van der Waals surface area contributed by atoms with Crippen LogP contribution in [0.1, 0.15) is 37.8 Å². The predicted octanol–water partition coefficient (Wildman–Crippen LogP) is 2.71. The molecule has 0 saturated heterocycles. The Morgan fingerprint density at radius 1 is 1.30 bits per heavy atom. The molecule has 20 heavy (non-hydrogen) atoms. The van der Waals surface area contributed by atoms with Crippen LogP contribution in [-0.2, 0) is 17.6 Å². The molecule has 110 valence electrons. The van der Waals surface area contributed by atoms with E-state index in [-0.39, 0.29) is 5.60 Å². The van der Waals surface area contributed by atoms with E-state index >= 15 is 0 Å². The molecule has 1 N–H and O–H groups in total. The number of hydrogen-bond donors (Lipinski definition) is 1. The zero-order valence-electron chi connectivity index (χ0n) is 12.6. The molecule has 0 bridgehead atoms. The smallest absolute Gasteiger partial charge is 0.123 e. The lowest BCUT2D eigenvalue weighted by Gasteiger charge is -2.16. The molecule has 1 aliphatic heterocycles. The molecule has 0 unspecified atom stereocenters. The molecule has 1 fully saturated rings. The first-order chi connectivity index (χ1) is 9.62. The van der Waals surface area contributed by atoms with E-state index in [0.29, 0.717) is 0 Å². The Labute approximate surface area is 121 Å². The fourth-order valence-corrected chi connectivity index (χ4v) is 2.73. The van der Waals surface area contributed by atoms with Crippen LogP contribution in [0.4, 0.5) is 0 Å². The van der Waals surface area contributed by atoms with Crippen molar-refractivity contribution in [2.45, 2.75) is 51.2 Å². The molecule has 1 saturated carbocycles. The van der Waals surface area contributed by atoms with E-state index in [9.17, 15) is 0 Å². The highest BCUT2D eigenvalue weighted by molar-refractivity contribution is 5.41. The third-order valence-electron chi connectivity index (χ3n) is 3.92. The molecular formula is C17H25NO2. The van der Waals surface area contributed by atoms with Crippen LogP contribution >= 0.6 is 0 Å². The highest BCUT2D eigenvalue weighted by atomic mass is 16.5. The van der Waals surface area contributed by atoms with E-state index in [1.165, 1.54) is 24.0 Å². The zero-order chi connectivity index (χ0) is 14.0. The summed E-state index contributed by atoms with van der Waals surface area (Å²) in [6, 6.07) is 7.31. The molecular weight excluding hydrogens is 250 g/mol. The molecule has 0 spiro atoms. The third kappa shape index (κ3) is 3.74. The maximum absolute atomic E-state index is 5.90. The lowest BCUT2D eigenvalue weighted by molar-refractivity contribution is 0.138. The van der Waals surface area contributed by atoms with Gasteiger partial charge in [-0.25, -0.2) is 0 Å². The minimum atomic E-state index is -0.0497. The van der Waals surface area contributed by atoms with Crippen molar-refractivity contribution < 1.29 is 9.47 Å². The van der Waals surface area contributed by atoms with E-state index in [0.717, 1.165) is 44.4 Å². The summed E-state index contributed by atoms with van der Waals surface area (Å²) in [4.78, 5) is 0. The molecule has 3 nitrogen and oxygen atoms in total. The van der Waals surface area contributed by atoms with Crippen molar-refractivity contribution in [3.63, 3.8) is 0 Å². The number of fused-ring (bicyclic) bond motifs is 1. The zero-order valence-corrected chi connectivity index (χ0v) is 12.6. The van der Waals surface area contributed by atoms with Crippen LogP contribution < -0.4 is 10.1 Å². The minimum absolute atomic E-state index is 0.0497. The van der Waals surface area contributed by atoms with Crippen molar-refractivity contribution in [3.8, 4) is 5.75 Å². The van der Waals surface area contributed by atoms with Gasteiger partial charge in [-0.3, -0.25) is 0 Å². The molecule has 3 rings (SSSR count). The van der Waals surface area contributed by atoms with Gasteiger partial charge in [0.1, 0.15) is 11.4 Å². The van der Waals surface area contributed by atoms with E-state index < -0.39 is 0 Å². The van der Waals surface area contributed by atoms with Crippen molar-refractivity contribution in [1.82, 2.24) is 5.32 Å². The lowest BCUT2D eigenvalue weighted by atomic mass is 9.99. The fraction of sp³-hybridized carbons (Fsp3) is 0.647. The van der Waals surface area contributed by atoms with Gasteiger partial charge in [-0.2, -0.15) is 0 Å². The Balaban J connectivity index is 1.40. The van der Waals surface area contributed by atoms with Gasteiger partial charge in [0.15, 0.2) is 0 Å². The van der Waals surface area contributed by atoms with Crippen LogP contribution in [0.25, 0.3) is 0 Å². The first kappa shape index (κ1) is 13.9. The van der Waals surface area contributed by atoms with Gasteiger partial charge in [0, 0.05) is 19.0 Å². The second-order valence-electron chi connectivity index (χ2n) is 6.57. The van der Waals surface area contributed by atoms with Crippen molar-refractivity contribution in [2.24, 2.45) is 0 Å². The highest BCUT2D eigenvalue weighted by Gasteiger charge is 2.29. The molecule has 0 aromatic heterocycles. The van der Waals surface area contributed by atoms with Crippen LogP contribution in [0.3, 0.4) is 0 Å². The number of nitrogens with one attached hydrogen (secondary N) is 1. The Hall–Kier alpha value is -1.06. The van der Waals surface area contributed by atoms with Crippen LogP contribution in [0.5, 0.6) is 5.75 Å².